The van der Waals surface area contributed by atoms with Crippen LogP contribution < -0.4 is 14.9 Å². The molecule has 1 amide bonds. The highest BCUT2D eigenvalue weighted by atomic mass is 32.2. The van der Waals surface area contributed by atoms with Crippen LogP contribution in [-0.2, 0) is 21.4 Å². The van der Waals surface area contributed by atoms with Crippen molar-refractivity contribution in [3.05, 3.63) is 72.6 Å². The maximum Gasteiger partial charge on any atom is 0.241 e. The molecule has 2 N–H and O–H groups in total. The quantitative estimate of drug-likeness (QED) is 0.546. The molecule has 0 atom stereocenters. The molecule has 2 aromatic carbocycles. The van der Waals surface area contributed by atoms with Gasteiger partial charge in [0, 0.05) is 30.7 Å². The summed E-state index contributed by atoms with van der Waals surface area (Å²) >= 11 is 0. The third kappa shape index (κ3) is 6.10. The molecular weight excluding hydrogens is 426 g/mol. The normalized spacial score (nSPS) is 14.2. The van der Waals surface area contributed by atoms with Gasteiger partial charge in [-0.3, -0.25) is 14.2 Å². The summed E-state index contributed by atoms with van der Waals surface area (Å²) in [6, 6.07) is 17.1. The minimum Gasteiger partial charge on any atom is -0.372 e. The Kier molecular flexibility index (Phi) is 6.75. The molecule has 168 valence electrons. The Morgan fingerprint density at radius 1 is 0.938 bits per heavy atom. The van der Waals surface area contributed by atoms with E-state index in [9.17, 15) is 13.2 Å². The average Bonchev–Trinajstić information content (AvgIpc) is 3.21. The van der Waals surface area contributed by atoms with Gasteiger partial charge in [0.15, 0.2) is 0 Å². The Morgan fingerprint density at radius 2 is 1.66 bits per heavy atom. The molecule has 3 aromatic rings. The van der Waals surface area contributed by atoms with Gasteiger partial charge in [-0.05, 0) is 49.1 Å². The van der Waals surface area contributed by atoms with Crippen LogP contribution in [0.4, 0.5) is 17.1 Å². The van der Waals surface area contributed by atoms with Crippen molar-refractivity contribution in [2.24, 2.45) is 0 Å². The lowest BCUT2D eigenvalue weighted by molar-refractivity contribution is -0.113. The van der Waals surface area contributed by atoms with E-state index < -0.39 is 21.7 Å². The molecule has 1 aliphatic rings. The molecule has 4 rings (SSSR count). The first-order valence-corrected chi connectivity index (χ1v) is 12.3. The number of amides is 1. The molecule has 0 bridgehead atoms. The highest BCUT2D eigenvalue weighted by Gasteiger charge is 2.18. The molecule has 8 nitrogen and oxygen atoms in total. The summed E-state index contributed by atoms with van der Waals surface area (Å²) in [4.78, 5) is 14.6. The number of nitrogens with zero attached hydrogens (tertiary/aromatic N) is 3. The fraction of sp³-hybridized carbons (Fsp3) is 0.304. The van der Waals surface area contributed by atoms with E-state index >= 15 is 0 Å². The van der Waals surface area contributed by atoms with E-state index in [2.05, 4.69) is 20.0 Å². The predicted molar refractivity (Wildman–Crippen MR) is 126 cm³/mol. The first-order chi connectivity index (χ1) is 15.5. The van der Waals surface area contributed by atoms with Crippen LogP contribution >= 0.6 is 0 Å². The van der Waals surface area contributed by atoms with Crippen molar-refractivity contribution in [1.82, 2.24) is 9.78 Å². The van der Waals surface area contributed by atoms with Gasteiger partial charge < -0.3 is 10.2 Å². The summed E-state index contributed by atoms with van der Waals surface area (Å²) in [5.74, 6) is -1.30. The molecular formula is C23H27N5O3S. The molecule has 0 unspecified atom stereocenters. The fourth-order valence-electron chi connectivity index (χ4n) is 3.76. The smallest absolute Gasteiger partial charge is 0.241 e. The summed E-state index contributed by atoms with van der Waals surface area (Å²) in [6.45, 7) is 2.60. The average molecular weight is 454 g/mol. The van der Waals surface area contributed by atoms with Crippen molar-refractivity contribution >= 4 is 33.0 Å². The van der Waals surface area contributed by atoms with Crippen LogP contribution in [0, 0.1) is 0 Å². The third-order valence-electron chi connectivity index (χ3n) is 5.29. The molecule has 2 heterocycles. The van der Waals surface area contributed by atoms with Gasteiger partial charge in [0.2, 0.25) is 15.9 Å². The highest BCUT2D eigenvalue weighted by molar-refractivity contribution is 7.93. The minimum absolute atomic E-state index is 0.439. The van der Waals surface area contributed by atoms with Gasteiger partial charge >= 0.3 is 0 Å². The van der Waals surface area contributed by atoms with E-state index in [1.54, 1.807) is 23.0 Å². The van der Waals surface area contributed by atoms with Crippen molar-refractivity contribution in [1.29, 1.82) is 0 Å². The first kappa shape index (κ1) is 21.9. The molecule has 0 radical (unpaired) electrons. The number of benzene rings is 2. The number of piperidine rings is 1. The number of carbonyl (C=O) groups excluding carboxylic acids is 1. The van der Waals surface area contributed by atoms with E-state index in [4.69, 9.17) is 0 Å². The number of hydrogen-bond acceptors (Lipinski definition) is 5. The molecule has 0 spiro atoms. The summed E-state index contributed by atoms with van der Waals surface area (Å²) in [7, 11) is -3.84. The molecule has 1 aromatic heterocycles. The zero-order valence-electron chi connectivity index (χ0n) is 17.8. The van der Waals surface area contributed by atoms with Gasteiger partial charge in [0.05, 0.1) is 18.4 Å². The number of sulfonamides is 1. The highest BCUT2D eigenvalue weighted by Crippen LogP contribution is 2.22. The second-order valence-corrected chi connectivity index (χ2v) is 9.64. The van der Waals surface area contributed by atoms with Crippen LogP contribution in [0.15, 0.2) is 67.0 Å². The summed E-state index contributed by atoms with van der Waals surface area (Å²) in [6.07, 6.45) is 6.78. The molecule has 1 fully saturated rings. The molecule has 0 aliphatic carbocycles. The number of carbonyl (C=O) groups is 1. The van der Waals surface area contributed by atoms with Gasteiger partial charge in [0.25, 0.3) is 0 Å². The monoisotopic (exact) mass is 453 g/mol. The number of rotatable bonds is 8. The maximum absolute atomic E-state index is 12.4. The number of hydrogen-bond donors (Lipinski definition) is 2. The topological polar surface area (TPSA) is 96.3 Å². The van der Waals surface area contributed by atoms with E-state index in [1.165, 1.54) is 25.5 Å². The van der Waals surface area contributed by atoms with Gasteiger partial charge in [-0.2, -0.15) is 5.10 Å². The van der Waals surface area contributed by atoms with Crippen molar-refractivity contribution in [3.8, 4) is 0 Å². The second kappa shape index (κ2) is 9.86. The standard InChI is InChI=1S/C23H27N5O3S/c29-23(25-21-15-24-28(17-21)16-19-7-3-1-4-8-19)18-32(30,31)26-20-9-11-22(12-10-20)27-13-5-2-6-14-27/h1,3-4,7-12,15,17,26H,2,5-6,13-14,16,18H2,(H,25,29). The van der Waals surface area contributed by atoms with Crippen LogP contribution in [0.2, 0.25) is 0 Å². The van der Waals surface area contributed by atoms with Gasteiger partial charge in [-0.1, -0.05) is 30.3 Å². The lowest BCUT2D eigenvalue weighted by atomic mass is 10.1. The van der Waals surface area contributed by atoms with Gasteiger partial charge in [-0.15, -0.1) is 0 Å². The summed E-state index contributed by atoms with van der Waals surface area (Å²) in [5.41, 5.74) is 3.05. The zero-order chi connectivity index (χ0) is 22.4. The summed E-state index contributed by atoms with van der Waals surface area (Å²) < 4.78 is 29.0. The summed E-state index contributed by atoms with van der Waals surface area (Å²) in [5, 5.41) is 6.80. The maximum atomic E-state index is 12.4. The van der Waals surface area contributed by atoms with Crippen molar-refractivity contribution in [2.45, 2.75) is 25.8 Å². The van der Waals surface area contributed by atoms with Crippen molar-refractivity contribution < 1.29 is 13.2 Å². The zero-order valence-corrected chi connectivity index (χ0v) is 18.6. The number of anilines is 3. The lowest BCUT2D eigenvalue weighted by Gasteiger charge is -2.28. The Balaban J connectivity index is 1.30. The predicted octanol–water partition coefficient (Wildman–Crippen LogP) is 3.30. The largest absolute Gasteiger partial charge is 0.372 e. The van der Waals surface area contributed by atoms with Crippen molar-refractivity contribution in [3.63, 3.8) is 0 Å². The molecule has 0 saturated carbocycles. The SMILES string of the molecule is O=C(CS(=O)(=O)Nc1ccc(N2CCCCC2)cc1)Nc1cnn(Cc2ccccc2)c1. The first-order valence-electron chi connectivity index (χ1n) is 10.7. The second-order valence-electron chi connectivity index (χ2n) is 7.92. The van der Waals surface area contributed by atoms with Gasteiger partial charge in [0.1, 0.15) is 5.75 Å². The Labute approximate surface area is 188 Å². The lowest BCUT2D eigenvalue weighted by Crippen LogP contribution is -2.29. The molecule has 1 saturated heterocycles. The van der Waals surface area contributed by atoms with E-state index in [0.717, 1.165) is 24.3 Å². The van der Waals surface area contributed by atoms with E-state index in [1.807, 2.05) is 42.5 Å². The Morgan fingerprint density at radius 3 is 2.38 bits per heavy atom. The number of nitrogens with one attached hydrogen (secondary N) is 2. The fourth-order valence-corrected chi connectivity index (χ4v) is 4.75. The molecule has 32 heavy (non-hydrogen) atoms. The van der Waals surface area contributed by atoms with Crippen LogP contribution in [0.25, 0.3) is 0 Å². The molecule has 1 aliphatic heterocycles. The molecule has 9 heteroatoms. The Hall–Kier alpha value is -3.33. The van der Waals surface area contributed by atoms with Crippen molar-refractivity contribution in [2.75, 3.05) is 33.8 Å². The Bertz CT molecular complexity index is 1140. The van der Waals surface area contributed by atoms with E-state index in [-0.39, 0.29) is 0 Å². The van der Waals surface area contributed by atoms with Crippen LogP contribution in [-0.4, -0.2) is 42.9 Å². The van der Waals surface area contributed by atoms with Gasteiger partial charge in [-0.25, -0.2) is 8.42 Å². The van der Waals surface area contributed by atoms with Crippen LogP contribution in [0.1, 0.15) is 24.8 Å². The van der Waals surface area contributed by atoms with Crippen LogP contribution in [0.3, 0.4) is 0 Å². The number of aromatic nitrogens is 2. The van der Waals surface area contributed by atoms with Crippen LogP contribution in [0.5, 0.6) is 0 Å². The minimum atomic E-state index is -3.84. The third-order valence-corrected chi connectivity index (χ3v) is 6.48. The van der Waals surface area contributed by atoms with E-state index in [0.29, 0.717) is 17.9 Å².